The highest BCUT2D eigenvalue weighted by atomic mass is 32.2. The maximum absolute atomic E-state index is 12.5. The number of sulfone groups is 1. The summed E-state index contributed by atoms with van der Waals surface area (Å²) in [4.78, 5) is 0. The van der Waals surface area contributed by atoms with Crippen LogP contribution in [-0.4, -0.2) is 26.0 Å². The monoisotopic (exact) mass is 297 g/mol. The van der Waals surface area contributed by atoms with Crippen molar-refractivity contribution in [1.29, 1.82) is 0 Å². The molecule has 20 heavy (non-hydrogen) atoms. The third-order valence-electron chi connectivity index (χ3n) is 3.50. The van der Waals surface area contributed by atoms with E-state index in [1.54, 1.807) is 0 Å². The minimum atomic E-state index is -3.06. The number of benzene rings is 1. The van der Waals surface area contributed by atoms with Gasteiger partial charge in [-0.1, -0.05) is 51.1 Å². The summed E-state index contributed by atoms with van der Waals surface area (Å²) < 4.78 is 25.0. The van der Waals surface area contributed by atoms with Crippen LogP contribution >= 0.6 is 0 Å². The Morgan fingerprint density at radius 1 is 1.05 bits per heavy atom. The van der Waals surface area contributed by atoms with Crippen LogP contribution in [0.15, 0.2) is 30.3 Å². The van der Waals surface area contributed by atoms with Gasteiger partial charge in [-0.25, -0.2) is 8.42 Å². The zero-order valence-corrected chi connectivity index (χ0v) is 13.6. The lowest BCUT2D eigenvalue weighted by Gasteiger charge is -2.27. The third-order valence-corrected chi connectivity index (χ3v) is 6.00. The van der Waals surface area contributed by atoms with Crippen molar-refractivity contribution in [2.75, 3.05) is 12.3 Å². The number of nitrogens with one attached hydrogen (secondary N) is 1. The van der Waals surface area contributed by atoms with Crippen molar-refractivity contribution >= 4 is 9.84 Å². The number of hydrogen-bond donors (Lipinski definition) is 1. The molecule has 1 aromatic rings. The standard InChI is InChI=1S/C16H27NO2S/c1-4-12-17-16(14-10-8-7-9-11-14)15(6-3)20(18,19)13-5-2/h7-11,15-17H,4-6,12-13H2,1-3H3. The molecule has 0 aliphatic carbocycles. The lowest BCUT2D eigenvalue weighted by atomic mass is 10.0. The molecular weight excluding hydrogens is 270 g/mol. The molecule has 0 saturated heterocycles. The molecule has 1 aromatic carbocycles. The van der Waals surface area contributed by atoms with Gasteiger partial charge in [0.25, 0.3) is 0 Å². The molecule has 0 saturated carbocycles. The lowest BCUT2D eigenvalue weighted by Crippen LogP contribution is -2.38. The Balaban J connectivity index is 3.07. The van der Waals surface area contributed by atoms with Crippen LogP contribution in [0, 0.1) is 0 Å². The van der Waals surface area contributed by atoms with Gasteiger partial charge < -0.3 is 5.32 Å². The fraction of sp³-hybridized carbons (Fsp3) is 0.625. The molecule has 0 aliphatic rings. The molecular formula is C16H27NO2S. The van der Waals surface area contributed by atoms with Crippen molar-refractivity contribution < 1.29 is 8.42 Å². The van der Waals surface area contributed by atoms with Gasteiger partial charge in [0.2, 0.25) is 0 Å². The Hall–Kier alpha value is -0.870. The van der Waals surface area contributed by atoms with Gasteiger partial charge in [-0.3, -0.25) is 0 Å². The van der Waals surface area contributed by atoms with E-state index in [0.717, 1.165) is 18.5 Å². The van der Waals surface area contributed by atoms with Crippen LogP contribution < -0.4 is 5.32 Å². The predicted molar refractivity (Wildman–Crippen MR) is 85.6 cm³/mol. The largest absolute Gasteiger partial charge is 0.309 e. The van der Waals surface area contributed by atoms with Crippen molar-refractivity contribution in [1.82, 2.24) is 5.32 Å². The Morgan fingerprint density at radius 2 is 1.70 bits per heavy atom. The van der Waals surface area contributed by atoms with Crippen molar-refractivity contribution in [3.63, 3.8) is 0 Å². The van der Waals surface area contributed by atoms with Crippen LogP contribution in [0.25, 0.3) is 0 Å². The maximum Gasteiger partial charge on any atom is 0.155 e. The van der Waals surface area contributed by atoms with E-state index in [1.807, 2.05) is 44.2 Å². The average molecular weight is 297 g/mol. The fourth-order valence-electron chi connectivity index (χ4n) is 2.56. The summed E-state index contributed by atoms with van der Waals surface area (Å²) in [7, 11) is -3.06. The third kappa shape index (κ3) is 4.60. The quantitative estimate of drug-likeness (QED) is 0.760. The van der Waals surface area contributed by atoms with Crippen molar-refractivity contribution in [3.8, 4) is 0 Å². The summed E-state index contributed by atoms with van der Waals surface area (Å²) in [5.74, 6) is 0.267. The molecule has 114 valence electrons. The number of rotatable bonds is 9. The zero-order chi connectivity index (χ0) is 15.0. The first-order valence-electron chi connectivity index (χ1n) is 7.56. The Morgan fingerprint density at radius 3 is 2.20 bits per heavy atom. The minimum Gasteiger partial charge on any atom is -0.309 e. The second-order valence-corrected chi connectivity index (χ2v) is 7.50. The summed E-state index contributed by atoms with van der Waals surface area (Å²) in [5.41, 5.74) is 1.06. The van der Waals surface area contributed by atoms with Crippen LogP contribution in [-0.2, 0) is 9.84 Å². The molecule has 1 rings (SSSR count). The molecule has 4 heteroatoms. The van der Waals surface area contributed by atoms with Gasteiger partial charge in [-0.15, -0.1) is 0 Å². The highest BCUT2D eigenvalue weighted by Crippen LogP contribution is 2.25. The topological polar surface area (TPSA) is 46.2 Å². The van der Waals surface area contributed by atoms with Crippen LogP contribution in [0.2, 0.25) is 0 Å². The number of hydrogen-bond acceptors (Lipinski definition) is 3. The van der Waals surface area contributed by atoms with Crippen LogP contribution in [0.5, 0.6) is 0 Å². The van der Waals surface area contributed by atoms with Gasteiger partial charge in [-0.05, 0) is 31.4 Å². The van der Waals surface area contributed by atoms with E-state index < -0.39 is 9.84 Å². The average Bonchev–Trinajstić information content (AvgIpc) is 2.44. The minimum absolute atomic E-state index is 0.113. The van der Waals surface area contributed by atoms with Crippen LogP contribution in [0.1, 0.15) is 51.6 Å². The summed E-state index contributed by atoms with van der Waals surface area (Å²) >= 11 is 0. The van der Waals surface area contributed by atoms with Crippen molar-refractivity contribution in [3.05, 3.63) is 35.9 Å². The highest BCUT2D eigenvalue weighted by molar-refractivity contribution is 7.92. The molecule has 2 atom stereocenters. The van der Waals surface area contributed by atoms with E-state index in [2.05, 4.69) is 12.2 Å². The van der Waals surface area contributed by atoms with Gasteiger partial charge in [-0.2, -0.15) is 0 Å². The molecule has 0 radical (unpaired) electrons. The summed E-state index contributed by atoms with van der Waals surface area (Å²) in [5, 5.41) is 3.07. The van der Waals surface area contributed by atoms with Gasteiger partial charge in [0.05, 0.1) is 11.0 Å². The summed E-state index contributed by atoms with van der Waals surface area (Å²) in [6, 6.07) is 9.80. The Labute approximate surface area is 123 Å². The molecule has 0 spiro atoms. The molecule has 0 aromatic heterocycles. The summed E-state index contributed by atoms with van der Waals surface area (Å²) in [6.07, 6.45) is 2.31. The van der Waals surface area contributed by atoms with Crippen molar-refractivity contribution in [2.24, 2.45) is 0 Å². The first-order chi connectivity index (χ1) is 9.56. The lowest BCUT2D eigenvalue weighted by molar-refractivity contribution is 0.476. The molecule has 0 heterocycles. The van der Waals surface area contributed by atoms with Gasteiger partial charge >= 0.3 is 0 Å². The molecule has 1 N–H and O–H groups in total. The zero-order valence-electron chi connectivity index (χ0n) is 12.8. The Kier molecular flexibility index (Phi) is 7.24. The second-order valence-electron chi connectivity index (χ2n) is 5.16. The van der Waals surface area contributed by atoms with E-state index in [4.69, 9.17) is 0 Å². The van der Waals surface area contributed by atoms with E-state index in [9.17, 15) is 8.42 Å². The highest BCUT2D eigenvalue weighted by Gasteiger charge is 2.31. The second kappa shape index (κ2) is 8.42. The molecule has 3 nitrogen and oxygen atoms in total. The van der Waals surface area contributed by atoms with E-state index in [-0.39, 0.29) is 17.0 Å². The van der Waals surface area contributed by atoms with E-state index >= 15 is 0 Å². The molecule has 0 bridgehead atoms. The van der Waals surface area contributed by atoms with Gasteiger partial charge in [0.1, 0.15) is 0 Å². The molecule has 0 aliphatic heterocycles. The normalized spacial score (nSPS) is 14.9. The fourth-order valence-corrected chi connectivity index (χ4v) is 4.60. The van der Waals surface area contributed by atoms with Crippen molar-refractivity contribution in [2.45, 2.75) is 51.3 Å². The van der Waals surface area contributed by atoms with Gasteiger partial charge in [0, 0.05) is 6.04 Å². The van der Waals surface area contributed by atoms with Crippen LogP contribution in [0.3, 0.4) is 0 Å². The smallest absolute Gasteiger partial charge is 0.155 e. The predicted octanol–water partition coefficient (Wildman–Crippen LogP) is 3.33. The van der Waals surface area contributed by atoms with E-state index in [0.29, 0.717) is 12.8 Å². The summed E-state index contributed by atoms with van der Waals surface area (Å²) in [6.45, 7) is 6.80. The SMILES string of the molecule is CCCNC(c1ccccc1)C(CC)S(=O)(=O)CCC. The molecule has 0 amide bonds. The van der Waals surface area contributed by atoms with Gasteiger partial charge in [0.15, 0.2) is 9.84 Å². The maximum atomic E-state index is 12.5. The first kappa shape index (κ1) is 17.2. The van der Waals surface area contributed by atoms with E-state index in [1.165, 1.54) is 0 Å². The van der Waals surface area contributed by atoms with Crippen LogP contribution in [0.4, 0.5) is 0 Å². The molecule has 0 fully saturated rings. The first-order valence-corrected chi connectivity index (χ1v) is 9.28. The Bertz CT molecular complexity index is 471. The molecule has 2 unspecified atom stereocenters.